The molecular weight excluding hydrogens is 262 g/mol. The van der Waals surface area contributed by atoms with E-state index in [0.29, 0.717) is 17.2 Å². The number of rotatable bonds is 4. The second kappa shape index (κ2) is 4.74. The van der Waals surface area contributed by atoms with E-state index in [4.69, 9.17) is 15.3 Å². The minimum Gasteiger partial charge on any atom is -0.476 e. The first-order valence-electron chi connectivity index (χ1n) is 5.89. The van der Waals surface area contributed by atoms with Gasteiger partial charge < -0.3 is 15.3 Å². The van der Waals surface area contributed by atoms with Gasteiger partial charge in [-0.1, -0.05) is 17.3 Å². The Morgan fingerprint density at radius 1 is 1.40 bits per heavy atom. The molecule has 102 valence electrons. The highest BCUT2D eigenvalue weighted by Crippen LogP contribution is 2.16. The number of aromatic carboxylic acids is 1. The molecule has 3 rings (SSSR count). The molecule has 0 atom stereocenters. The first-order valence-corrected chi connectivity index (χ1v) is 5.89. The molecule has 0 spiro atoms. The molecule has 8 heteroatoms. The predicted octanol–water partition coefficient (Wildman–Crippen LogP) is 0.624. The number of nitrogens with two attached hydrogens (primary N) is 1. The summed E-state index contributed by atoms with van der Waals surface area (Å²) in [5.41, 5.74) is 7.13. The van der Waals surface area contributed by atoms with Crippen LogP contribution in [0.5, 0.6) is 0 Å². The van der Waals surface area contributed by atoms with E-state index in [-0.39, 0.29) is 18.8 Å². The van der Waals surface area contributed by atoms with Gasteiger partial charge in [-0.3, -0.25) is 0 Å². The van der Waals surface area contributed by atoms with Crippen molar-refractivity contribution >= 4 is 17.1 Å². The number of hydrogen-bond donors (Lipinski definition) is 2. The van der Waals surface area contributed by atoms with Gasteiger partial charge in [-0.05, 0) is 12.1 Å². The van der Waals surface area contributed by atoms with Gasteiger partial charge in [0.1, 0.15) is 12.1 Å². The van der Waals surface area contributed by atoms with Gasteiger partial charge in [-0.15, -0.1) is 5.10 Å². The van der Waals surface area contributed by atoms with Gasteiger partial charge in [0.05, 0.1) is 5.69 Å². The normalized spacial score (nSPS) is 11.1. The van der Waals surface area contributed by atoms with Crippen molar-refractivity contribution in [3.63, 3.8) is 0 Å². The summed E-state index contributed by atoms with van der Waals surface area (Å²) in [7, 11) is 0. The number of fused-ring (bicyclic) bond motifs is 1. The predicted molar refractivity (Wildman–Crippen MR) is 68.0 cm³/mol. The molecule has 3 N–H and O–H groups in total. The van der Waals surface area contributed by atoms with Crippen molar-refractivity contribution in [1.82, 2.24) is 20.0 Å². The highest BCUT2D eigenvalue weighted by atomic mass is 16.4. The third kappa shape index (κ3) is 2.01. The lowest BCUT2D eigenvalue weighted by atomic mass is 10.3. The number of oxazole rings is 1. The van der Waals surface area contributed by atoms with E-state index in [2.05, 4.69) is 15.3 Å². The van der Waals surface area contributed by atoms with Crippen LogP contribution in [0.4, 0.5) is 0 Å². The van der Waals surface area contributed by atoms with E-state index >= 15 is 0 Å². The summed E-state index contributed by atoms with van der Waals surface area (Å²) >= 11 is 0. The monoisotopic (exact) mass is 273 g/mol. The Kier molecular flexibility index (Phi) is 2.92. The van der Waals surface area contributed by atoms with Crippen molar-refractivity contribution in [2.75, 3.05) is 0 Å². The molecular formula is C12H11N5O3. The number of para-hydroxylation sites is 2. The van der Waals surface area contributed by atoms with Crippen molar-refractivity contribution in [2.45, 2.75) is 13.1 Å². The van der Waals surface area contributed by atoms with Crippen molar-refractivity contribution in [2.24, 2.45) is 5.73 Å². The zero-order chi connectivity index (χ0) is 14.1. The van der Waals surface area contributed by atoms with E-state index in [1.165, 1.54) is 4.68 Å². The Bertz CT molecular complexity index is 743. The van der Waals surface area contributed by atoms with Gasteiger partial charge in [-0.25, -0.2) is 14.5 Å². The highest BCUT2D eigenvalue weighted by Gasteiger charge is 2.19. The molecule has 0 aliphatic heterocycles. The molecule has 0 aliphatic rings. The van der Waals surface area contributed by atoms with Gasteiger partial charge in [0.25, 0.3) is 0 Å². The highest BCUT2D eigenvalue weighted by molar-refractivity contribution is 5.86. The Hall–Kier alpha value is -2.74. The fourth-order valence-corrected chi connectivity index (χ4v) is 1.94. The maximum atomic E-state index is 11.0. The molecule has 0 saturated carbocycles. The summed E-state index contributed by atoms with van der Waals surface area (Å²) in [6.07, 6.45) is 0. The first-order chi connectivity index (χ1) is 9.69. The zero-order valence-electron chi connectivity index (χ0n) is 10.4. The molecule has 1 aromatic carbocycles. The van der Waals surface area contributed by atoms with Gasteiger partial charge >= 0.3 is 5.97 Å². The smallest absolute Gasteiger partial charge is 0.358 e. The van der Waals surface area contributed by atoms with Crippen LogP contribution in [0.2, 0.25) is 0 Å². The molecule has 0 aliphatic carbocycles. The minimum atomic E-state index is -1.16. The molecule has 0 unspecified atom stereocenters. The van der Waals surface area contributed by atoms with Crippen LogP contribution < -0.4 is 5.73 Å². The second-order valence-corrected chi connectivity index (χ2v) is 4.13. The fourth-order valence-electron chi connectivity index (χ4n) is 1.94. The average Bonchev–Trinajstić information content (AvgIpc) is 3.01. The van der Waals surface area contributed by atoms with Crippen molar-refractivity contribution in [1.29, 1.82) is 0 Å². The van der Waals surface area contributed by atoms with Crippen LogP contribution in [0.15, 0.2) is 28.7 Å². The number of nitrogens with zero attached hydrogens (tertiary/aromatic N) is 4. The summed E-state index contributed by atoms with van der Waals surface area (Å²) < 4.78 is 6.94. The zero-order valence-corrected chi connectivity index (χ0v) is 10.4. The fraction of sp³-hybridized carbons (Fsp3) is 0.167. The molecule has 0 fully saturated rings. The molecule has 2 aromatic heterocycles. The van der Waals surface area contributed by atoms with Gasteiger partial charge in [-0.2, -0.15) is 0 Å². The summed E-state index contributed by atoms with van der Waals surface area (Å²) in [5, 5.41) is 16.4. The van der Waals surface area contributed by atoms with Crippen LogP contribution in [0, 0.1) is 0 Å². The summed E-state index contributed by atoms with van der Waals surface area (Å²) in [6, 6.07) is 7.34. The number of benzene rings is 1. The van der Waals surface area contributed by atoms with E-state index in [0.717, 1.165) is 5.52 Å². The van der Waals surface area contributed by atoms with E-state index in [1.54, 1.807) is 6.07 Å². The Morgan fingerprint density at radius 3 is 2.90 bits per heavy atom. The lowest BCUT2D eigenvalue weighted by Crippen LogP contribution is -2.13. The summed E-state index contributed by atoms with van der Waals surface area (Å²) in [6.45, 7) is 0.205. The maximum absolute atomic E-state index is 11.0. The van der Waals surface area contributed by atoms with Crippen LogP contribution in [-0.4, -0.2) is 31.1 Å². The largest absolute Gasteiger partial charge is 0.476 e. The number of carbonyl (C=O) groups is 1. The summed E-state index contributed by atoms with van der Waals surface area (Å²) in [4.78, 5) is 15.3. The molecule has 3 aromatic rings. The van der Waals surface area contributed by atoms with Crippen LogP contribution in [0.3, 0.4) is 0 Å². The maximum Gasteiger partial charge on any atom is 0.358 e. The van der Waals surface area contributed by atoms with Crippen LogP contribution in [-0.2, 0) is 13.1 Å². The second-order valence-electron chi connectivity index (χ2n) is 4.13. The Labute approximate surface area is 112 Å². The van der Waals surface area contributed by atoms with Gasteiger partial charge in [0.15, 0.2) is 11.3 Å². The third-order valence-corrected chi connectivity index (χ3v) is 2.86. The SMILES string of the molecule is NCc1c(C(=O)O)nnn1Cc1nc2ccccc2o1. The van der Waals surface area contributed by atoms with Crippen molar-refractivity contribution in [3.8, 4) is 0 Å². The van der Waals surface area contributed by atoms with Crippen molar-refractivity contribution < 1.29 is 14.3 Å². The van der Waals surface area contributed by atoms with Crippen LogP contribution in [0.1, 0.15) is 22.1 Å². The van der Waals surface area contributed by atoms with Gasteiger partial charge in [0, 0.05) is 6.54 Å². The van der Waals surface area contributed by atoms with Crippen LogP contribution >= 0.6 is 0 Å². The van der Waals surface area contributed by atoms with E-state index < -0.39 is 5.97 Å². The molecule has 8 nitrogen and oxygen atoms in total. The topological polar surface area (TPSA) is 120 Å². The van der Waals surface area contributed by atoms with Gasteiger partial charge in [0.2, 0.25) is 5.89 Å². The Morgan fingerprint density at radius 2 is 2.20 bits per heavy atom. The first kappa shape index (κ1) is 12.3. The van der Waals surface area contributed by atoms with E-state index in [9.17, 15) is 4.79 Å². The lowest BCUT2D eigenvalue weighted by molar-refractivity contribution is 0.0689. The lowest BCUT2D eigenvalue weighted by Gasteiger charge is -2.01. The molecule has 0 bridgehead atoms. The summed E-state index contributed by atoms with van der Waals surface area (Å²) in [5.74, 6) is -0.739. The van der Waals surface area contributed by atoms with E-state index in [1.807, 2.05) is 18.2 Å². The average molecular weight is 273 g/mol. The quantitative estimate of drug-likeness (QED) is 0.714. The third-order valence-electron chi connectivity index (χ3n) is 2.86. The molecule has 0 saturated heterocycles. The number of hydrogen-bond acceptors (Lipinski definition) is 6. The molecule has 0 radical (unpaired) electrons. The standard InChI is InChI=1S/C12H11N5O3/c13-5-8-11(12(18)19)15-16-17(8)6-10-14-7-3-1-2-4-9(7)20-10/h1-4H,5-6,13H2,(H,18,19). The van der Waals surface area contributed by atoms with Crippen molar-refractivity contribution in [3.05, 3.63) is 41.5 Å². The molecule has 20 heavy (non-hydrogen) atoms. The molecule has 0 amide bonds. The number of carboxylic acids is 1. The number of carboxylic acid groups (broad SMARTS) is 1. The Balaban J connectivity index is 1.96. The molecule has 2 heterocycles. The number of aromatic nitrogens is 4. The van der Waals surface area contributed by atoms with Crippen LogP contribution in [0.25, 0.3) is 11.1 Å². The minimum absolute atomic E-state index is 0.0227.